The lowest BCUT2D eigenvalue weighted by Crippen LogP contribution is -2.48. The first-order valence-electron chi connectivity index (χ1n) is 5.48. The monoisotopic (exact) mass is 209 g/mol. The SMILES string of the molecule is CCC(CC)(CC)NC(=O)n1ccnc1. The topological polar surface area (TPSA) is 46.9 Å². The van der Waals surface area contributed by atoms with Gasteiger partial charge in [-0.1, -0.05) is 20.8 Å². The van der Waals surface area contributed by atoms with Crippen molar-refractivity contribution < 1.29 is 4.79 Å². The Morgan fingerprint density at radius 1 is 1.33 bits per heavy atom. The third-order valence-electron chi connectivity index (χ3n) is 3.14. The van der Waals surface area contributed by atoms with E-state index in [0.717, 1.165) is 19.3 Å². The van der Waals surface area contributed by atoms with Gasteiger partial charge >= 0.3 is 6.03 Å². The lowest BCUT2D eigenvalue weighted by atomic mass is 9.90. The van der Waals surface area contributed by atoms with Crippen molar-refractivity contribution in [1.29, 1.82) is 0 Å². The maximum absolute atomic E-state index is 11.8. The van der Waals surface area contributed by atoms with E-state index >= 15 is 0 Å². The summed E-state index contributed by atoms with van der Waals surface area (Å²) in [6, 6.07) is -0.0990. The lowest BCUT2D eigenvalue weighted by molar-refractivity contribution is 0.219. The predicted octanol–water partition coefficient (Wildman–Crippen LogP) is 2.41. The fraction of sp³-hybridized carbons (Fsp3) is 0.636. The van der Waals surface area contributed by atoms with Crippen LogP contribution in [0.2, 0.25) is 0 Å². The van der Waals surface area contributed by atoms with Crippen molar-refractivity contribution in [2.75, 3.05) is 0 Å². The van der Waals surface area contributed by atoms with Crippen LogP contribution < -0.4 is 5.32 Å². The van der Waals surface area contributed by atoms with Crippen molar-refractivity contribution in [3.63, 3.8) is 0 Å². The summed E-state index contributed by atoms with van der Waals surface area (Å²) < 4.78 is 1.47. The molecule has 0 radical (unpaired) electrons. The van der Waals surface area contributed by atoms with E-state index in [4.69, 9.17) is 0 Å². The van der Waals surface area contributed by atoms with Crippen molar-refractivity contribution in [2.45, 2.75) is 45.6 Å². The Hall–Kier alpha value is -1.32. The standard InChI is InChI=1S/C11H19N3O/c1-4-11(5-2,6-3)13-10(15)14-8-7-12-9-14/h7-9H,4-6H2,1-3H3,(H,13,15). The molecule has 0 aliphatic carbocycles. The second-order valence-electron chi connectivity index (χ2n) is 3.74. The van der Waals surface area contributed by atoms with E-state index in [1.165, 1.54) is 10.9 Å². The van der Waals surface area contributed by atoms with Gasteiger partial charge in [0.1, 0.15) is 6.33 Å². The van der Waals surface area contributed by atoms with E-state index in [-0.39, 0.29) is 11.6 Å². The van der Waals surface area contributed by atoms with E-state index in [9.17, 15) is 4.79 Å². The third kappa shape index (κ3) is 2.58. The molecule has 1 aromatic rings. The number of nitrogens with zero attached hydrogens (tertiary/aromatic N) is 2. The second-order valence-corrected chi connectivity index (χ2v) is 3.74. The summed E-state index contributed by atoms with van der Waals surface area (Å²) >= 11 is 0. The summed E-state index contributed by atoms with van der Waals surface area (Å²) in [6.45, 7) is 6.30. The summed E-state index contributed by atoms with van der Waals surface area (Å²) in [5, 5.41) is 3.07. The molecule has 1 aromatic heterocycles. The van der Waals surface area contributed by atoms with Crippen LogP contribution in [0.1, 0.15) is 40.0 Å². The lowest BCUT2D eigenvalue weighted by Gasteiger charge is -2.31. The highest BCUT2D eigenvalue weighted by Gasteiger charge is 2.26. The molecule has 0 atom stereocenters. The molecule has 1 N–H and O–H groups in total. The van der Waals surface area contributed by atoms with Gasteiger partial charge in [0.15, 0.2) is 0 Å². The molecule has 0 fully saturated rings. The van der Waals surface area contributed by atoms with Gasteiger partial charge in [-0.2, -0.15) is 0 Å². The first kappa shape index (κ1) is 11.8. The van der Waals surface area contributed by atoms with Crippen LogP contribution in [0.4, 0.5) is 4.79 Å². The van der Waals surface area contributed by atoms with Crippen molar-refractivity contribution in [1.82, 2.24) is 14.9 Å². The molecule has 0 aliphatic rings. The number of carbonyl (C=O) groups is 1. The van der Waals surface area contributed by atoms with Crippen LogP contribution in [0, 0.1) is 0 Å². The smallest absolute Gasteiger partial charge is 0.327 e. The number of imidazole rings is 1. The Morgan fingerprint density at radius 3 is 2.33 bits per heavy atom. The van der Waals surface area contributed by atoms with Gasteiger partial charge in [0.2, 0.25) is 0 Å². The zero-order valence-electron chi connectivity index (χ0n) is 9.66. The molecule has 1 rings (SSSR count). The van der Waals surface area contributed by atoms with E-state index in [0.29, 0.717) is 0 Å². The van der Waals surface area contributed by atoms with Gasteiger partial charge in [-0.15, -0.1) is 0 Å². The molecular formula is C11H19N3O. The predicted molar refractivity (Wildman–Crippen MR) is 59.8 cm³/mol. The Labute approximate surface area is 90.7 Å². The molecule has 4 nitrogen and oxygen atoms in total. The molecular weight excluding hydrogens is 190 g/mol. The van der Waals surface area contributed by atoms with E-state index in [2.05, 4.69) is 31.1 Å². The van der Waals surface area contributed by atoms with Crippen LogP contribution in [0.3, 0.4) is 0 Å². The number of amides is 1. The van der Waals surface area contributed by atoms with Crippen LogP contribution in [-0.2, 0) is 0 Å². The van der Waals surface area contributed by atoms with E-state index < -0.39 is 0 Å². The molecule has 1 heterocycles. The molecule has 15 heavy (non-hydrogen) atoms. The maximum atomic E-state index is 11.8. The number of hydrogen-bond donors (Lipinski definition) is 1. The summed E-state index contributed by atoms with van der Waals surface area (Å²) in [5.74, 6) is 0. The summed E-state index contributed by atoms with van der Waals surface area (Å²) in [5.41, 5.74) is -0.0820. The molecule has 0 aliphatic heterocycles. The fourth-order valence-corrected chi connectivity index (χ4v) is 1.69. The normalized spacial score (nSPS) is 11.4. The highest BCUT2D eigenvalue weighted by atomic mass is 16.2. The Kier molecular flexibility index (Phi) is 3.88. The Balaban J connectivity index is 2.71. The van der Waals surface area contributed by atoms with Gasteiger partial charge in [0, 0.05) is 17.9 Å². The zero-order chi connectivity index (χ0) is 11.3. The van der Waals surface area contributed by atoms with Crippen molar-refractivity contribution >= 4 is 6.03 Å². The van der Waals surface area contributed by atoms with Crippen LogP contribution >= 0.6 is 0 Å². The number of hydrogen-bond acceptors (Lipinski definition) is 2. The number of nitrogens with one attached hydrogen (secondary N) is 1. The average Bonchev–Trinajstić information content (AvgIpc) is 2.79. The van der Waals surface area contributed by atoms with Crippen LogP contribution in [-0.4, -0.2) is 21.1 Å². The zero-order valence-corrected chi connectivity index (χ0v) is 9.66. The van der Waals surface area contributed by atoms with Crippen LogP contribution in [0.25, 0.3) is 0 Å². The molecule has 0 saturated carbocycles. The van der Waals surface area contributed by atoms with Crippen LogP contribution in [0.15, 0.2) is 18.7 Å². The highest BCUT2D eigenvalue weighted by molar-refractivity contribution is 5.77. The van der Waals surface area contributed by atoms with Crippen LogP contribution in [0.5, 0.6) is 0 Å². The maximum Gasteiger partial charge on any atom is 0.327 e. The number of rotatable bonds is 4. The molecule has 0 bridgehead atoms. The number of carbonyl (C=O) groups excluding carboxylic acids is 1. The summed E-state index contributed by atoms with van der Waals surface area (Å²) in [4.78, 5) is 15.7. The van der Waals surface area contributed by atoms with Crippen molar-refractivity contribution in [2.24, 2.45) is 0 Å². The first-order valence-corrected chi connectivity index (χ1v) is 5.48. The quantitative estimate of drug-likeness (QED) is 0.827. The molecule has 0 spiro atoms. The third-order valence-corrected chi connectivity index (χ3v) is 3.14. The minimum absolute atomic E-state index is 0.0820. The molecule has 0 aromatic carbocycles. The van der Waals surface area contributed by atoms with Gasteiger partial charge in [0.25, 0.3) is 0 Å². The van der Waals surface area contributed by atoms with Crippen molar-refractivity contribution in [3.8, 4) is 0 Å². The largest absolute Gasteiger partial charge is 0.332 e. The van der Waals surface area contributed by atoms with Crippen molar-refractivity contribution in [3.05, 3.63) is 18.7 Å². The second kappa shape index (κ2) is 4.96. The van der Waals surface area contributed by atoms with Gasteiger partial charge in [-0.25, -0.2) is 9.78 Å². The minimum atomic E-state index is -0.0990. The molecule has 84 valence electrons. The average molecular weight is 209 g/mol. The highest BCUT2D eigenvalue weighted by Crippen LogP contribution is 2.19. The van der Waals surface area contributed by atoms with Gasteiger partial charge in [-0.05, 0) is 19.3 Å². The fourth-order valence-electron chi connectivity index (χ4n) is 1.69. The number of aromatic nitrogens is 2. The van der Waals surface area contributed by atoms with Gasteiger partial charge in [0.05, 0.1) is 0 Å². The molecule has 0 unspecified atom stereocenters. The molecule has 4 heteroatoms. The Bertz CT molecular complexity index is 293. The summed E-state index contributed by atoms with van der Waals surface area (Å²) in [7, 11) is 0. The van der Waals surface area contributed by atoms with E-state index in [1.54, 1.807) is 12.4 Å². The summed E-state index contributed by atoms with van der Waals surface area (Å²) in [6.07, 6.45) is 7.61. The van der Waals surface area contributed by atoms with Gasteiger partial charge in [-0.3, -0.25) is 4.57 Å². The minimum Gasteiger partial charge on any atom is -0.332 e. The molecule has 1 amide bonds. The van der Waals surface area contributed by atoms with E-state index in [1.807, 2.05) is 0 Å². The first-order chi connectivity index (χ1) is 7.17. The van der Waals surface area contributed by atoms with Gasteiger partial charge < -0.3 is 5.32 Å². The Morgan fingerprint density at radius 2 is 1.93 bits per heavy atom. The molecule has 0 saturated heterocycles.